The SMILES string of the molecule is CCOC(=O)C1=C(C)OC(N)=C(C#N)C1c1ccc(OS(=O)(=O)c2ccc(C)cc2)cc1. The van der Waals surface area contributed by atoms with Crippen molar-refractivity contribution in [3.63, 3.8) is 0 Å². The van der Waals surface area contributed by atoms with Crippen molar-refractivity contribution in [3.05, 3.63) is 82.4 Å². The summed E-state index contributed by atoms with van der Waals surface area (Å²) in [7, 11) is -4.02. The van der Waals surface area contributed by atoms with Gasteiger partial charge in [-0.1, -0.05) is 29.8 Å². The van der Waals surface area contributed by atoms with E-state index in [0.717, 1.165) is 5.56 Å². The van der Waals surface area contributed by atoms with Gasteiger partial charge in [0, 0.05) is 0 Å². The van der Waals surface area contributed by atoms with E-state index in [1.165, 1.54) is 24.3 Å². The quantitative estimate of drug-likeness (QED) is 0.519. The molecule has 0 aromatic heterocycles. The van der Waals surface area contributed by atoms with Gasteiger partial charge in [-0.15, -0.1) is 0 Å². The molecule has 8 nitrogen and oxygen atoms in total. The zero-order chi connectivity index (χ0) is 23.5. The molecule has 0 bridgehead atoms. The molecule has 0 fully saturated rings. The normalized spacial score (nSPS) is 16.2. The molecule has 0 spiro atoms. The number of ether oxygens (including phenoxy) is 2. The molecular weight excluding hydrogens is 432 g/mol. The number of hydrogen-bond acceptors (Lipinski definition) is 8. The van der Waals surface area contributed by atoms with Crippen molar-refractivity contribution >= 4 is 16.1 Å². The topological polar surface area (TPSA) is 129 Å². The van der Waals surface area contributed by atoms with Crippen LogP contribution in [0.5, 0.6) is 5.75 Å². The Kier molecular flexibility index (Phi) is 6.55. The lowest BCUT2D eigenvalue weighted by Gasteiger charge is -2.26. The summed E-state index contributed by atoms with van der Waals surface area (Å²) in [6, 6.07) is 14.3. The van der Waals surface area contributed by atoms with Crippen LogP contribution in [0.15, 0.2) is 76.2 Å². The molecule has 9 heteroatoms. The summed E-state index contributed by atoms with van der Waals surface area (Å²) >= 11 is 0. The minimum atomic E-state index is -4.02. The number of hydrogen-bond donors (Lipinski definition) is 1. The van der Waals surface area contributed by atoms with Gasteiger partial charge in [0.05, 0.1) is 18.1 Å². The summed E-state index contributed by atoms with van der Waals surface area (Å²) in [6.07, 6.45) is 0. The maximum Gasteiger partial charge on any atom is 0.339 e. The Morgan fingerprint density at radius 1 is 1.12 bits per heavy atom. The highest BCUT2D eigenvalue weighted by Gasteiger charge is 2.36. The summed E-state index contributed by atoms with van der Waals surface area (Å²) < 4.78 is 40.8. The summed E-state index contributed by atoms with van der Waals surface area (Å²) in [4.78, 5) is 12.6. The van der Waals surface area contributed by atoms with Crippen LogP contribution in [0.2, 0.25) is 0 Å². The van der Waals surface area contributed by atoms with Crippen molar-refractivity contribution in [2.45, 2.75) is 31.6 Å². The van der Waals surface area contributed by atoms with Crippen LogP contribution in [0.4, 0.5) is 0 Å². The first-order valence-corrected chi connectivity index (χ1v) is 11.1. The second kappa shape index (κ2) is 9.16. The Labute approximate surface area is 186 Å². The lowest BCUT2D eigenvalue weighted by atomic mass is 9.83. The number of nitrogens with zero attached hydrogens (tertiary/aromatic N) is 1. The molecule has 1 unspecified atom stereocenters. The summed E-state index contributed by atoms with van der Waals surface area (Å²) in [6.45, 7) is 5.23. The van der Waals surface area contributed by atoms with Crippen LogP contribution in [0.3, 0.4) is 0 Å². The number of nitriles is 1. The van der Waals surface area contributed by atoms with Crippen molar-refractivity contribution in [2.75, 3.05) is 6.61 Å². The minimum absolute atomic E-state index is 0.0298. The molecule has 2 N–H and O–H groups in total. The first kappa shape index (κ1) is 22.9. The number of aryl methyl sites for hydroxylation is 1. The van der Waals surface area contributed by atoms with Gasteiger partial charge in [-0.2, -0.15) is 13.7 Å². The third-order valence-corrected chi connectivity index (χ3v) is 6.09. The van der Waals surface area contributed by atoms with E-state index in [1.807, 2.05) is 13.0 Å². The summed E-state index contributed by atoms with van der Waals surface area (Å²) in [5.74, 6) is -1.25. The number of esters is 1. The zero-order valence-corrected chi connectivity index (χ0v) is 18.6. The molecule has 1 aliphatic rings. The highest BCUT2D eigenvalue weighted by Crippen LogP contribution is 2.40. The second-order valence-corrected chi connectivity index (χ2v) is 8.58. The van der Waals surface area contributed by atoms with Crippen molar-refractivity contribution in [2.24, 2.45) is 5.73 Å². The first-order chi connectivity index (χ1) is 15.2. The largest absolute Gasteiger partial charge is 0.463 e. The van der Waals surface area contributed by atoms with Gasteiger partial charge >= 0.3 is 16.1 Å². The second-order valence-electron chi connectivity index (χ2n) is 7.03. The Balaban J connectivity index is 1.95. The van der Waals surface area contributed by atoms with Crippen LogP contribution in [0.25, 0.3) is 0 Å². The predicted molar refractivity (Wildman–Crippen MR) is 115 cm³/mol. The van der Waals surface area contributed by atoms with E-state index in [9.17, 15) is 18.5 Å². The molecule has 0 aliphatic carbocycles. The monoisotopic (exact) mass is 454 g/mol. The Hall–Kier alpha value is -3.77. The molecule has 0 radical (unpaired) electrons. The summed E-state index contributed by atoms with van der Waals surface area (Å²) in [5, 5.41) is 9.62. The number of nitrogens with two attached hydrogens (primary N) is 1. The first-order valence-electron chi connectivity index (χ1n) is 9.74. The van der Waals surface area contributed by atoms with Crippen molar-refractivity contribution in [1.29, 1.82) is 5.26 Å². The number of rotatable bonds is 6. The van der Waals surface area contributed by atoms with Crippen LogP contribution in [0.1, 0.15) is 30.9 Å². The van der Waals surface area contributed by atoms with Crippen LogP contribution in [-0.2, 0) is 24.4 Å². The van der Waals surface area contributed by atoms with Crippen molar-refractivity contribution in [1.82, 2.24) is 0 Å². The standard InChI is InChI=1S/C23H22N2O6S/c1-4-29-23(26)20-15(3)30-22(25)19(13-24)21(20)16-7-9-17(10-8-16)31-32(27,28)18-11-5-14(2)6-12-18/h5-12,21H,4,25H2,1-3H3. The van der Waals surface area contributed by atoms with E-state index >= 15 is 0 Å². The fraction of sp³-hybridized carbons (Fsp3) is 0.217. The average molecular weight is 455 g/mol. The average Bonchev–Trinajstić information content (AvgIpc) is 2.74. The Bertz CT molecular complexity index is 1240. The molecule has 1 atom stereocenters. The number of carbonyl (C=O) groups is 1. The molecule has 1 heterocycles. The van der Waals surface area contributed by atoms with Crippen molar-refractivity contribution in [3.8, 4) is 11.8 Å². The molecule has 3 rings (SSSR count). The van der Waals surface area contributed by atoms with E-state index < -0.39 is 22.0 Å². The fourth-order valence-corrected chi connectivity index (χ4v) is 4.21. The predicted octanol–water partition coefficient (Wildman–Crippen LogP) is 3.41. The number of carbonyl (C=O) groups excluding carboxylic acids is 1. The smallest absolute Gasteiger partial charge is 0.339 e. The van der Waals surface area contributed by atoms with Crippen LogP contribution in [0, 0.1) is 18.3 Å². The molecule has 0 amide bonds. The van der Waals surface area contributed by atoms with Crippen molar-refractivity contribution < 1.29 is 26.9 Å². The molecule has 0 saturated carbocycles. The Morgan fingerprint density at radius 3 is 2.31 bits per heavy atom. The van der Waals surface area contributed by atoms with E-state index in [0.29, 0.717) is 5.56 Å². The molecule has 0 saturated heterocycles. The van der Waals surface area contributed by atoms with Gasteiger partial charge in [-0.3, -0.25) is 0 Å². The number of benzene rings is 2. The van der Waals surface area contributed by atoms with Crippen LogP contribution in [-0.4, -0.2) is 21.0 Å². The highest BCUT2D eigenvalue weighted by molar-refractivity contribution is 7.87. The van der Waals surface area contributed by atoms with E-state index in [1.54, 1.807) is 38.1 Å². The molecule has 2 aromatic carbocycles. The lowest BCUT2D eigenvalue weighted by molar-refractivity contribution is -0.139. The fourth-order valence-electron chi connectivity index (χ4n) is 3.28. The van der Waals surface area contributed by atoms with Crippen LogP contribution < -0.4 is 9.92 Å². The molecule has 32 heavy (non-hydrogen) atoms. The van der Waals surface area contributed by atoms with Gasteiger partial charge < -0.3 is 19.4 Å². The number of allylic oxidation sites excluding steroid dienone is 2. The lowest BCUT2D eigenvalue weighted by Crippen LogP contribution is -2.25. The van der Waals surface area contributed by atoms with Gasteiger partial charge in [-0.05, 0) is 50.6 Å². The van der Waals surface area contributed by atoms with Gasteiger partial charge in [0.15, 0.2) is 0 Å². The maximum atomic E-state index is 12.6. The van der Waals surface area contributed by atoms with Gasteiger partial charge in [0.1, 0.15) is 28.0 Å². The van der Waals surface area contributed by atoms with E-state index in [2.05, 4.69) is 0 Å². The highest BCUT2D eigenvalue weighted by atomic mass is 32.2. The van der Waals surface area contributed by atoms with Gasteiger partial charge in [0.2, 0.25) is 5.88 Å². The Morgan fingerprint density at radius 2 is 1.75 bits per heavy atom. The van der Waals surface area contributed by atoms with E-state index in [-0.39, 0.29) is 40.0 Å². The molecule has 2 aromatic rings. The minimum Gasteiger partial charge on any atom is -0.463 e. The zero-order valence-electron chi connectivity index (χ0n) is 17.8. The van der Waals surface area contributed by atoms with E-state index in [4.69, 9.17) is 19.4 Å². The van der Waals surface area contributed by atoms with Gasteiger partial charge in [-0.25, -0.2) is 4.79 Å². The third-order valence-electron chi connectivity index (χ3n) is 4.83. The summed E-state index contributed by atoms with van der Waals surface area (Å²) in [5.41, 5.74) is 7.53. The molecular formula is C23H22N2O6S. The molecule has 1 aliphatic heterocycles. The maximum absolute atomic E-state index is 12.6. The van der Waals surface area contributed by atoms with Gasteiger partial charge in [0.25, 0.3) is 0 Å². The third kappa shape index (κ3) is 4.60. The van der Waals surface area contributed by atoms with Crippen LogP contribution >= 0.6 is 0 Å². The molecule has 166 valence electrons.